The summed E-state index contributed by atoms with van der Waals surface area (Å²) >= 11 is 0. The molecule has 8 nitrogen and oxygen atoms in total. The molecule has 0 saturated heterocycles. The molecule has 0 spiro atoms. The number of rotatable bonds is 4. The zero-order chi connectivity index (χ0) is 25.5. The highest BCUT2D eigenvalue weighted by atomic mass is 16.5. The number of fused-ring (bicyclic) bond motifs is 5. The molecule has 192 valence electrons. The van der Waals surface area contributed by atoms with Gasteiger partial charge in [-0.3, -0.25) is 9.59 Å². The summed E-state index contributed by atoms with van der Waals surface area (Å²) in [6.07, 6.45) is 4.28. The van der Waals surface area contributed by atoms with E-state index in [0.29, 0.717) is 19.4 Å². The number of hydrogen-bond donors (Lipinski definition) is 4. The summed E-state index contributed by atoms with van der Waals surface area (Å²) in [5, 5.41) is 20.4. The fourth-order valence-corrected chi connectivity index (χ4v) is 4.88. The highest BCUT2D eigenvalue weighted by Gasteiger charge is 2.33. The van der Waals surface area contributed by atoms with Crippen molar-refractivity contribution in [2.24, 2.45) is 0 Å². The van der Waals surface area contributed by atoms with Gasteiger partial charge < -0.3 is 30.5 Å². The van der Waals surface area contributed by atoms with E-state index in [1.165, 1.54) is 6.92 Å². The molecule has 36 heavy (non-hydrogen) atoms. The lowest BCUT2D eigenvalue weighted by atomic mass is 9.99. The van der Waals surface area contributed by atoms with Crippen LogP contribution in [0.5, 0.6) is 5.75 Å². The molecule has 1 aliphatic carbocycles. The Labute approximate surface area is 212 Å². The quantitative estimate of drug-likeness (QED) is 0.487. The summed E-state index contributed by atoms with van der Waals surface area (Å²) in [6.45, 7) is 2.05. The Balaban J connectivity index is 1.60. The number of aliphatic hydroxyl groups is 1. The van der Waals surface area contributed by atoms with E-state index in [1.807, 2.05) is 60.7 Å². The fourth-order valence-electron chi connectivity index (χ4n) is 4.88. The first-order chi connectivity index (χ1) is 17.4. The van der Waals surface area contributed by atoms with Crippen LogP contribution in [0.15, 0.2) is 60.7 Å². The maximum atomic E-state index is 13.2. The van der Waals surface area contributed by atoms with E-state index in [0.717, 1.165) is 28.9 Å². The van der Waals surface area contributed by atoms with Crippen molar-refractivity contribution in [2.75, 3.05) is 20.3 Å². The van der Waals surface area contributed by atoms with Crippen LogP contribution in [0.1, 0.15) is 48.6 Å². The molecule has 5 atom stereocenters. The molecular weight excluding hydrogens is 458 g/mol. The molecule has 1 heterocycles. The van der Waals surface area contributed by atoms with Crippen LogP contribution in [0.3, 0.4) is 0 Å². The lowest BCUT2D eigenvalue weighted by molar-refractivity contribution is -0.129. The molecule has 0 fully saturated rings. The van der Waals surface area contributed by atoms with Gasteiger partial charge in [0, 0.05) is 19.5 Å². The summed E-state index contributed by atoms with van der Waals surface area (Å²) in [7, 11) is 1.64. The molecule has 4 N–H and O–H groups in total. The Kier molecular flexibility index (Phi) is 8.74. The van der Waals surface area contributed by atoms with Crippen molar-refractivity contribution in [1.82, 2.24) is 16.0 Å². The third kappa shape index (κ3) is 6.51. The highest BCUT2D eigenvalue weighted by Crippen LogP contribution is 2.42. The monoisotopic (exact) mass is 493 g/mol. The largest absolute Gasteiger partial charge is 0.497 e. The van der Waals surface area contributed by atoms with E-state index in [4.69, 9.17) is 9.47 Å². The van der Waals surface area contributed by atoms with Crippen LogP contribution < -0.4 is 20.7 Å². The Bertz CT molecular complexity index is 1070. The van der Waals surface area contributed by atoms with Crippen molar-refractivity contribution in [3.8, 4) is 5.75 Å². The highest BCUT2D eigenvalue weighted by molar-refractivity contribution is 5.87. The van der Waals surface area contributed by atoms with Gasteiger partial charge >= 0.3 is 0 Å². The van der Waals surface area contributed by atoms with Gasteiger partial charge in [-0.2, -0.15) is 0 Å². The average Bonchev–Trinajstić information content (AvgIpc) is 3.22. The van der Waals surface area contributed by atoms with E-state index >= 15 is 0 Å². The van der Waals surface area contributed by atoms with Crippen LogP contribution >= 0.6 is 0 Å². The SMILES string of the molecule is COc1ccc2c(c1)[C@@H]1C[C@H]2OC/C=C\CC(NC(C)=O)C(=O)N[C@@H](Cc2ccccc2)[C@H](O)CN1. The van der Waals surface area contributed by atoms with Crippen LogP contribution in [-0.2, 0) is 20.7 Å². The van der Waals surface area contributed by atoms with Crippen LogP contribution in [0.2, 0.25) is 0 Å². The summed E-state index contributed by atoms with van der Waals surface area (Å²) < 4.78 is 11.6. The topological polar surface area (TPSA) is 109 Å². The molecule has 2 aromatic rings. The zero-order valence-electron chi connectivity index (χ0n) is 20.8. The Morgan fingerprint density at radius 3 is 2.72 bits per heavy atom. The second-order valence-corrected chi connectivity index (χ2v) is 9.35. The summed E-state index contributed by atoms with van der Waals surface area (Å²) in [4.78, 5) is 24.9. The van der Waals surface area contributed by atoms with Gasteiger partial charge in [-0.05, 0) is 48.1 Å². The van der Waals surface area contributed by atoms with Crippen molar-refractivity contribution < 1.29 is 24.2 Å². The minimum Gasteiger partial charge on any atom is -0.497 e. The third-order valence-corrected chi connectivity index (χ3v) is 6.76. The number of nitrogens with one attached hydrogen (secondary N) is 3. The minimum atomic E-state index is -0.859. The minimum absolute atomic E-state index is 0.0240. The van der Waals surface area contributed by atoms with Crippen molar-refractivity contribution >= 4 is 11.8 Å². The second kappa shape index (κ2) is 12.2. The zero-order valence-corrected chi connectivity index (χ0v) is 20.8. The number of β-amino-alcohol motifs (C(OH)–C–C–N with tert-alkyl or cyclic N) is 1. The van der Waals surface area contributed by atoms with Crippen LogP contribution in [-0.4, -0.2) is 55.4 Å². The van der Waals surface area contributed by atoms with E-state index in [2.05, 4.69) is 16.0 Å². The first-order valence-corrected chi connectivity index (χ1v) is 12.4. The smallest absolute Gasteiger partial charge is 0.243 e. The molecule has 2 aliphatic rings. The first-order valence-electron chi connectivity index (χ1n) is 12.4. The maximum Gasteiger partial charge on any atom is 0.243 e. The molecule has 2 amide bonds. The lowest BCUT2D eigenvalue weighted by Crippen LogP contribution is -2.54. The van der Waals surface area contributed by atoms with E-state index in [9.17, 15) is 14.7 Å². The average molecular weight is 494 g/mol. The van der Waals surface area contributed by atoms with E-state index in [1.54, 1.807) is 7.11 Å². The molecular formula is C28H35N3O5. The Hall–Kier alpha value is -3.20. The first kappa shape index (κ1) is 25.9. The Morgan fingerprint density at radius 2 is 1.97 bits per heavy atom. The van der Waals surface area contributed by atoms with Crippen LogP contribution in [0, 0.1) is 0 Å². The van der Waals surface area contributed by atoms with Gasteiger partial charge in [0.1, 0.15) is 11.8 Å². The molecule has 0 aromatic heterocycles. The van der Waals surface area contributed by atoms with Gasteiger partial charge in [0.15, 0.2) is 0 Å². The van der Waals surface area contributed by atoms with Crippen molar-refractivity contribution in [3.05, 3.63) is 77.4 Å². The van der Waals surface area contributed by atoms with Gasteiger partial charge in [0.2, 0.25) is 11.8 Å². The molecule has 1 aliphatic heterocycles. The van der Waals surface area contributed by atoms with Gasteiger partial charge in [-0.15, -0.1) is 0 Å². The molecule has 2 aromatic carbocycles. The molecule has 2 bridgehead atoms. The summed E-state index contributed by atoms with van der Waals surface area (Å²) in [6, 6.07) is 14.4. The number of hydrogen-bond acceptors (Lipinski definition) is 6. The molecule has 0 saturated carbocycles. The number of benzene rings is 2. The molecule has 0 radical (unpaired) electrons. The third-order valence-electron chi connectivity index (χ3n) is 6.76. The molecule has 1 unspecified atom stereocenters. The van der Waals surface area contributed by atoms with Gasteiger partial charge in [-0.1, -0.05) is 48.6 Å². The predicted octanol–water partition coefficient (Wildman–Crippen LogP) is 2.34. The van der Waals surface area contributed by atoms with Crippen molar-refractivity contribution in [2.45, 2.75) is 56.5 Å². The fraction of sp³-hybridized carbons (Fsp3) is 0.429. The molecule has 8 heteroatoms. The number of ether oxygens (including phenoxy) is 2. The number of amides is 2. The van der Waals surface area contributed by atoms with Crippen molar-refractivity contribution in [1.29, 1.82) is 0 Å². The van der Waals surface area contributed by atoms with Gasteiger partial charge in [-0.25, -0.2) is 0 Å². The van der Waals surface area contributed by atoms with Crippen LogP contribution in [0.25, 0.3) is 0 Å². The summed E-state index contributed by atoms with van der Waals surface area (Å²) in [5.74, 6) is 0.153. The molecule has 4 rings (SSSR count). The normalized spacial score (nSPS) is 27.6. The number of aliphatic hydroxyl groups excluding tert-OH is 1. The van der Waals surface area contributed by atoms with Crippen LogP contribution in [0.4, 0.5) is 0 Å². The standard InChI is InChI=1S/C28H35N3O5/c1-18(32)30-23-10-6-7-13-36-27-16-24(22-15-20(35-2)11-12-21(22)27)29-17-26(33)25(31-28(23)34)14-19-8-4-3-5-9-19/h3-9,11-12,15,23-27,29,33H,10,13-14,16-17H2,1-2H3,(H,30,32)(H,31,34)/b7-6-/t23?,24-,25-,26+,27+/m0/s1. The summed E-state index contributed by atoms with van der Waals surface area (Å²) in [5.41, 5.74) is 3.20. The van der Waals surface area contributed by atoms with E-state index < -0.39 is 18.2 Å². The van der Waals surface area contributed by atoms with Gasteiger partial charge in [0.25, 0.3) is 0 Å². The maximum absolute atomic E-state index is 13.2. The number of methoxy groups -OCH3 is 1. The van der Waals surface area contributed by atoms with Gasteiger partial charge in [0.05, 0.1) is 32.0 Å². The number of carbonyl (C=O) groups excluding carboxylic acids is 2. The van der Waals surface area contributed by atoms with Crippen molar-refractivity contribution in [3.63, 3.8) is 0 Å². The number of carbonyl (C=O) groups is 2. The Morgan fingerprint density at radius 1 is 1.17 bits per heavy atom. The van der Waals surface area contributed by atoms with E-state index in [-0.39, 0.29) is 30.5 Å². The lowest BCUT2D eigenvalue weighted by Gasteiger charge is -2.28. The predicted molar refractivity (Wildman–Crippen MR) is 136 cm³/mol. The second-order valence-electron chi connectivity index (χ2n) is 9.35.